The number of ether oxygens (including phenoxy) is 1. The van der Waals surface area contributed by atoms with Crippen molar-refractivity contribution in [2.45, 2.75) is 69.8 Å². The number of carbonyl (C=O) groups is 1. The topological polar surface area (TPSA) is 50.4 Å². The van der Waals surface area contributed by atoms with Crippen molar-refractivity contribution < 1.29 is 22.7 Å². The molecule has 3 unspecified atom stereocenters. The number of benzene rings is 2. The number of alkyl carbamates (subject to hydrolysis) is 1. The molecule has 186 valence electrons. The fourth-order valence-corrected chi connectivity index (χ4v) is 5.07. The third kappa shape index (κ3) is 6.07. The van der Waals surface area contributed by atoms with Crippen LogP contribution >= 0.6 is 27.5 Å². The number of hydrogen-bond donors (Lipinski definition) is 2. The van der Waals surface area contributed by atoms with E-state index in [-0.39, 0.29) is 12.6 Å². The second-order valence-electron chi connectivity index (χ2n) is 9.97. The quantitative estimate of drug-likeness (QED) is 0.395. The summed E-state index contributed by atoms with van der Waals surface area (Å²) in [6, 6.07) is 9.58. The largest absolute Gasteiger partial charge is 0.444 e. The van der Waals surface area contributed by atoms with E-state index in [0.717, 1.165) is 21.7 Å². The van der Waals surface area contributed by atoms with E-state index in [1.807, 2.05) is 25.1 Å². The zero-order chi connectivity index (χ0) is 25.5. The maximum atomic E-state index is 13.4. The zero-order valence-electron chi connectivity index (χ0n) is 19.7. The molecule has 2 aromatic carbocycles. The number of hydrogen-bond acceptors (Lipinski definition) is 3. The molecule has 2 aromatic rings. The van der Waals surface area contributed by atoms with Crippen molar-refractivity contribution in [2.75, 3.05) is 6.54 Å². The first-order valence-electron chi connectivity index (χ1n) is 10.9. The summed E-state index contributed by atoms with van der Waals surface area (Å²) in [5, 5.41) is 5.64. The van der Waals surface area contributed by atoms with Crippen LogP contribution in [0.25, 0.3) is 0 Å². The van der Waals surface area contributed by atoms with Gasteiger partial charge in [-0.1, -0.05) is 46.6 Å². The summed E-state index contributed by atoms with van der Waals surface area (Å²) < 4.78 is 46.2. The monoisotopic (exact) mass is 560 g/mol. The molecule has 0 spiro atoms. The second-order valence-corrected chi connectivity index (χ2v) is 11.3. The van der Waals surface area contributed by atoms with E-state index in [9.17, 15) is 18.0 Å². The number of amides is 1. The van der Waals surface area contributed by atoms with Gasteiger partial charge < -0.3 is 15.4 Å². The van der Waals surface area contributed by atoms with Crippen molar-refractivity contribution >= 4 is 33.6 Å². The van der Waals surface area contributed by atoms with Gasteiger partial charge in [0.15, 0.2) is 0 Å². The molecule has 2 N–H and O–H groups in total. The standard InChI is InChI=1S/C25H29BrClF3N2O2/c1-14-8-17(11-18(9-14)25(28,29)30)24(5)13-32-20(21(24)27)15-6-7-16(19(26)10-15)12-31-22(33)34-23(2,3)4/h6-11,20-21,32H,12-13H2,1-5H3,(H,31,33). The first-order chi connectivity index (χ1) is 15.6. The summed E-state index contributed by atoms with van der Waals surface area (Å²) in [7, 11) is 0. The SMILES string of the molecule is Cc1cc(C(F)(F)F)cc(C2(C)CNC(c3ccc(CNC(=O)OC(C)(C)C)c(Br)c3)C2Cl)c1. The van der Waals surface area contributed by atoms with Gasteiger partial charge in [0.05, 0.1) is 10.9 Å². The van der Waals surface area contributed by atoms with Crippen molar-refractivity contribution in [2.24, 2.45) is 0 Å². The molecule has 0 aromatic heterocycles. The van der Waals surface area contributed by atoms with Gasteiger partial charge in [0.1, 0.15) is 5.60 Å². The van der Waals surface area contributed by atoms with E-state index in [1.165, 1.54) is 6.07 Å². The Labute approximate surface area is 211 Å². The second kappa shape index (κ2) is 9.70. The van der Waals surface area contributed by atoms with E-state index < -0.39 is 34.2 Å². The lowest BCUT2D eigenvalue weighted by atomic mass is 9.78. The van der Waals surface area contributed by atoms with Gasteiger partial charge in [0, 0.05) is 29.0 Å². The number of nitrogens with one attached hydrogen (secondary N) is 2. The van der Waals surface area contributed by atoms with E-state index >= 15 is 0 Å². The molecule has 4 nitrogen and oxygen atoms in total. The summed E-state index contributed by atoms with van der Waals surface area (Å²) in [5.74, 6) is 0. The molecule has 9 heteroatoms. The molecule has 1 amide bonds. The molecule has 1 aliphatic heterocycles. The molecular formula is C25H29BrClF3N2O2. The third-order valence-corrected chi connectivity index (χ3v) is 7.38. The molecule has 0 radical (unpaired) electrons. The molecule has 0 bridgehead atoms. The van der Waals surface area contributed by atoms with Gasteiger partial charge >= 0.3 is 12.3 Å². The molecule has 3 atom stereocenters. The Bertz CT molecular complexity index is 1070. The highest BCUT2D eigenvalue weighted by atomic mass is 79.9. The fourth-order valence-electron chi connectivity index (χ4n) is 4.10. The van der Waals surface area contributed by atoms with Crippen LogP contribution in [0.1, 0.15) is 61.6 Å². The predicted molar refractivity (Wildman–Crippen MR) is 131 cm³/mol. The van der Waals surface area contributed by atoms with Crippen LogP contribution in [-0.2, 0) is 22.9 Å². The normalized spacial score (nSPS) is 23.1. The first-order valence-corrected chi connectivity index (χ1v) is 12.1. The van der Waals surface area contributed by atoms with Crippen LogP contribution in [0, 0.1) is 6.92 Å². The Balaban J connectivity index is 1.78. The molecule has 1 fully saturated rings. The maximum absolute atomic E-state index is 13.4. The Morgan fingerprint density at radius 3 is 2.50 bits per heavy atom. The Hall–Kier alpha value is -1.77. The lowest BCUT2D eigenvalue weighted by Crippen LogP contribution is -2.33. The van der Waals surface area contributed by atoms with Gasteiger partial charge in [0.25, 0.3) is 0 Å². The smallest absolute Gasteiger partial charge is 0.416 e. The van der Waals surface area contributed by atoms with Crippen molar-refractivity contribution in [1.82, 2.24) is 10.6 Å². The highest BCUT2D eigenvalue weighted by molar-refractivity contribution is 9.10. The van der Waals surface area contributed by atoms with Crippen LogP contribution < -0.4 is 10.6 Å². The molecule has 1 aliphatic rings. The van der Waals surface area contributed by atoms with Crippen LogP contribution in [0.2, 0.25) is 0 Å². The molecule has 3 rings (SSSR count). The molecule has 34 heavy (non-hydrogen) atoms. The van der Waals surface area contributed by atoms with E-state index in [0.29, 0.717) is 17.7 Å². The van der Waals surface area contributed by atoms with Gasteiger partial charge in [-0.3, -0.25) is 0 Å². The van der Waals surface area contributed by atoms with Gasteiger partial charge in [-0.05, 0) is 62.6 Å². The molecule has 0 aliphatic carbocycles. The molecule has 1 heterocycles. The minimum absolute atomic E-state index is 0.259. The number of aryl methyl sites for hydroxylation is 1. The summed E-state index contributed by atoms with van der Waals surface area (Å²) >= 11 is 10.4. The predicted octanol–water partition coefficient (Wildman–Crippen LogP) is 7.01. The van der Waals surface area contributed by atoms with E-state index in [4.69, 9.17) is 16.3 Å². The highest BCUT2D eigenvalue weighted by Gasteiger charge is 2.46. The number of halogens is 5. The average molecular weight is 562 g/mol. The highest BCUT2D eigenvalue weighted by Crippen LogP contribution is 2.45. The van der Waals surface area contributed by atoms with Crippen LogP contribution in [0.3, 0.4) is 0 Å². The lowest BCUT2D eigenvalue weighted by molar-refractivity contribution is -0.137. The molecular weight excluding hydrogens is 533 g/mol. The minimum Gasteiger partial charge on any atom is -0.444 e. The number of carbonyl (C=O) groups excluding carboxylic acids is 1. The van der Waals surface area contributed by atoms with Gasteiger partial charge in [-0.25, -0.2) is 4.79 Å². The van der Waals surface area contributed by atoms with Gasteiger partial charge in [-0.15, -0.1) is 11.6 Å². The van der Waals surface area contributed by atoms with Crippen LogP contribution in [-0.4, -0.2) is 23.6 Å². The van der Waals surface area contributed by atoms with Crippen LogP contribution in [0.4, 0.5) is 18.0 Å². The van der Waals surface area contributed by atoms with Crippen LogP contribution in [0.5, 0.6) is 0 Å². The van der Waals surface area contributed by atoms with Gasteiger partial charge in [0.2, 0.25) is 0 Å². The Morgan fingerprint density at radius 1 is 1.24 bits per heavy atom. The summed E-state index contributed by atoms with van der Waals surface area (Å²) in [6.45, 7) is 9.65. The molecule has 0 saturated carbocycles. The van der Waals surface area contributed by atoms with Crippen LogP contribution in [0.15, 0.2) is 40.9 Å². The minimum atomic E-state index is -4.42. The summed E-state index contributed by atoms with van der Waals surface area (Å²) in [5.41, 5.74) is 0.923. The number of alkyl halides is 4. The Kier molecular flexibility index (Phi) is 7.66. The van der Waals surface area contributed by atoms with E-state index in [1.54, 1.807) is 33.8 Å². The lowest BCUT2D eigenvalue weighted by Gasteiger charge is -2.30. The van der Waals surface area contributed by atoms with Crippen molar-refractivity contribution in [1.29, 1.82) is 0 Å². The maximum Gasteiger partial charge on any atom is 0.416 e. The van der Waals surface area contributed by atoms with Crippen molar-refractivity contribution in [3.05, 3.63) is 68.7 Å². The first kappa shape index (κ1) is 26.8. The fraction of sp³-hybridized carbons (Fsp3) is 0.480. The number of rotatable bonds is 4. The van der Waals surface area contributed by atoms with Crippen molar-refractivity contribution in [3.63, 3.8) is 0 Å². The third-order valence-electron chi connectivity index (χ3n) is 5.91. The summed E-state index contributed by atoms with van der Waals surface area (Å²) in [4.78, 5) is 11.9. The average Bonchev–Trinajstić information content (AvgIpc) is 3.00. The van der Waals surface area contributed by atoms with E-state index in [2.05, 4.69) is 26.6 Å². The van der Waals surface area contributed by atoms with Crippen molar-refractivity contribution in [3.8, 4) is 0 Å². The Morgan fingerprint density at radius 2 is 1.91 bits per heavy atom. The van der Waals surface area contributed by atoms with Gasteiger partial charge in [-0.2, -0.15) is 13.2 Å². The molecule has 1 saturated heterocycles. The zero-order valence-corrected chi connectivity index (χ0v) is 22.1. The summed E-state index contributed by atoms with van der Waals surface area (Å²) in [6.07, 6.45) is -4.92.